The number of nitrogens with zero attached hydrogens (tertiary/aromatic N) is 3. The lowest BCUT2D eigenvalue weighted by Crippen LogP contribution is -2.37. The molecule has 1 heterocycles. The molecule has 3 aromatic rings. The van der Waals surface area contributed by atoms with Crippen molar-refractivity contribution in [2.75, 3.05) is 0 Å². The van der Waals surface area contributed by atoms with E-state index < -0.39 is 5.41 Å². The van der Waals surface area contributed by atoms with Gasteiger partial charge in [-0.05, 0) is 31.5 Å². The zero-order chi connectivity index (χ0) is 21.0. The number of amides is 1. The lowest BCUT2D eigenvalue weighted by molar-refractivity contribution is -0.129. The lowest BCUT2D eigenvalue weighted by Gasteiger charge is -2.22. The standard InChI is InChI=1S/C23H28N4OS/c1-16-11-13-19(14-12-16)27-20(17(2)24-21(28)23(3,4)5)25-26-22(27)29-15-18-9-7-6-8-10-18/h6-14,17H,15H2,1-5H3,(H,24,28)/t17-/m0/s1. The van der Waals surface area contributed by atoms with E-state index in [-0.39, 0.29) is 11.9 Å². The van der Waals surface area contributed by atoms with E-state index in [1.165, 1.54) is 11.1 Å². The van der Waals surface area contributed by atoms with Crippen LogP contribution in [0.4, 0.5) is 0 Å². The Morgan fingerprint density at radius 1 is 1.07 bits per heavy atom. The molecule has 29 heavy (non-hydrogen) atoms. The fourth-order valence-corrected chi connectivity index (χ4v) is 3.71. The summed E-state index contributed by atoms with van der Waals surface area (Å²) in [7, 11) is 0. The lowest BCUT2D eigenvalue weighted by atomic mass is 9.95. The summed E-state index contributed by atoms with van der Waals surface area (Å²) in [4.78, 5) is 12.5. The van der Waals surface area contributed by atoms with Crippen LogP contribution in [0.3, 0.4) is 0 Å². The van der Waals surface area contributed by atoms with Crippen molar-refractivity contribution in [2.45, 2.75) is 51.6 Å². The summed E-state index contributed by atoms with van der Waals surface area (Å²) in [5.74, 6) is 1.51. The van der Waals surface area contributed by atoms with Gasteiger partial charge in [-0.2, -0.15) is 0 Å². The Hall–Kier alpha value is -2.60. The second-order valence-corrected chi connectivity index (χ2v) is 9.17. The van der Waals surface area contributed by atoms with Crippen molar-refractivity contribution in [3.05, 3.63) is 71.5 Å². The zero-order valence-corrected chi connectivity index (χ0v) is 18.5. The smallest absolute Gasteiger partial charge is 0.225 e. The van der Waals surface area contributed by atoms with Crippen molar-refractivity contribution >= 4 is 17.7 Å². The quantitative estimate of drug-likeness (QED) is 0.577. The molecule has 0 spiro atoms. The summed E-state index contributed by atoms with van der Waals surface area (Å²) in [5.41, 5.74) is 2.94. The Balaban J connectivity index is 1.92. The molecular weight excluding hydrogens is 380 g/mol. The van der Waals surface area contributed by atoms with Gasteiger partial charge >= 0.3 is 0 Å². The summed E-state index contributed by atoms with van der Waals surface area (Å²) in [5, 5.41) is 12.8. The minimum Gasteiger partial charge on any atom is -0.346 e. The van der Waals surface area contributed by atoms with Crippen LogP contribution in [0.2, 0.25) is 0 Å². The number of benzene rings is 2. The number of hydrogen-bond acceptors (Lipinski definition) is 4. The fraction of sp³-hybridized carbons (Fsp3) is 0.348. The van der Waals surface area contributed by atoms with E-state index in [1.54, 1.807) is 11.8 Å². The van der Waals surface area contributed by atoms with Gasteiger partial charge in [-0.3, -0.25) is 9.36 Å². The zero-order valence-electron chi connectivity index (χ0n) is 17.6. The predicted octanol–water partition coefficient (Wildman–Crippen LogP) is 5.09. The third-order valence-corrected chi connectivity index (χ3v) is 5.58. The first-order chi connectivity index (χ1) is 13.8. The Labute approximate surface area is 176 Å². The van der Waals surface area contributed by atoms with Crippen LogP contribution in [-0.2, 0) is 10.5 Å². The maximum Gasteiger partial charge on any atom is 0.225 e. The minimum absolute atomic E-state index is 0.0121. The third-order valence-electron chi connectivity index (χ3n) is 4.58. The molecule has 0 aliphatic carbocycles. The molecule has 5 nitrogen and oxygen atoms in total. The van der Waals surface area contributed by atoms with E-state index >= 15 is 0 Å². The first-order valence-electron chi connectivity index (χ1n) is 9.76. The largest absolute Gasteiger partial charge is 0.346 e. The van der Waals surface area contributed by atoms with Gasteiger partial charge in [0.15, 0.2) is 11.0 Å². The van der Waals surface area contributed by atoms with E-state index in [4.69, 9.17) is 0 Å². The van der Waals surface area contributed by atoms with Gasteiger partial charge in [-0.25, -0.2) is 0 Å². The molecular formula is C23H28N4OS. The molecule has 0 bridgehead atoms. The number of nitrogens with one attached hydrogen (secondary N) is 1. The van der Waals surface area contributed by atoms with Gasteiger partial charge in [0.05, 0.1) is 6.04 Å². The van der Waals surface area contributed by atoms with E-state index in [1.807, 2.05) is 50.5 Å². The van der Waals surface area contributed by atoms with Crippen LogP contribution in [0.25, 0.3) is 5.69 Å². The van der Waals surface area contributed by atoms with Crippen LogP contribution in [-0.4, -0.2) is 20.7 Å². The van der Waals surface area contributed by atoms with Gasteiger partial charge in [0.1, 0.15) is 0 Å². The highest BCUT2D eigenvalue weighted by Crippen LogP contribution is 2.28. The Bertz CT molecular complexity index is 959. The molecule has 0 radical (unpaired) electrons. The van der Waals surface area contributed by atoms with Crippen LogP contribution < -0.4 is 5.32 Å². The number of rotatable bonds is 6. The van der Waals surface area contributed by atoms with Crippen LogP contribution >= 0.6 is 11.8 Å². The number of hydrogen-bond donors (Lipinski definition) is 1. The van der Waals surface area contributed by atoms with Gasteiger partial charge < -0.3 is 5.32 Å². The molecule has 3 rings (SSSR count). The number of aromatic nitrogens is 3. The van der Waals surface area contributed by atoms with E-state index in [0.29, 0.717) is 0 Å². The summed E-state index contributed by atoms with van der Waals surface area (Å²) >= 11 is 1.64. The van der Waals surface area contributed by atoms with Gasteiger partial charge in [0, 0.05) is 16.9 Å². The van der Waals surface area contributed by atoms with Gasteiger partial charge in [0.2, 0.25) is 5.91 Å². The van der Waals surface area contributed by atoms with Gasteiger partial charge in [-0.15, -0.1) is 10.2 Å². The van der Waals surface area contributed by atoms with Crippen molar-refractivity contribution in [1.82, 2.24) is 20.1 Å². The third kappa shape index (κ3) is 5.26. The van der Waals surface area contributed by atoms with E-state index in [2.05, 4.69) is 58.8 Å². The molecule has 0 aliphatic rings. The summed E-state index contributed by atoms with van der Waals surface area (Å²) in [6.45, 7) is 9.72. The monoisotopic (exact) mass is 408 g/mol. The molecule has 1 amide bonds. The maximum atomic E-state index is 12.5. The molecule has 2 aromatic carbocycles. The number of thioether (sulfide) groups is 1. The Kier molecular flexibility index (Phi) is 6.42. The van der Waals surface area contributed by atoms with Crippen molar-refractivity contribution in [3.63, 3.8) is 0 Å². The Morgan fingerprint density at radius 3 is 2.34 bits per heavy atom. The van der Waals surface area contributed by atoms with Crippen molar-refractivity contribution in [2.24, 2.45) is 5.41 Å². The molecule has 0 saturated carbocycles. The number of carbonyl (C=O) groups is 1. The normalized spacial score (nSPS) is 12.6. The van der Waals surface area contributed by atoms with Crippen molar-refractivity contribution in [3.8, 4) is 5.69 Å². The molecule has 0 saturated heterocycles. The number of carbonyl (C=O) groups excluding carboxylic acids is 1. The van der Waals surface area contributed by atoms with Crippen LogP contribution in [0.15, 0.2) is 59.8 Å². The SMILES string of the molecule is Cc1ccc(-n2c(SCc3ccccc3)nnc2[C@H](C)NC(=O)C(C)(C)C)cc1. The highest BCUT2D eigenvalue weighted by molar-refractivity contribution is 7.98. The molecule has 1 aromatic heterocycles. The fourth-order valence-electron chi connectivity index (χ4n) is 2.79. The molecule has 0 aliphatic heterocycles. The molecule has 6 heteroatoms. The first kappa shape index (κ1) is 21.1. The average Bonchev–Trinajstić information content (AvgIpc) is 3.11. The molecule has 1 atom stereocenters. The van der Waals surface area contributed by atoms with Crippen molar-refractivity contribution in [1.29, 1.82) is 0 Å². The maximum absolute atomic E-state index is 12.5. The minimum atomic E-state index is -0.464. The van der Waals surface area contributed by atoms with Crippen LogP contribution in [0.5, 0.6) is 0 Å². The summed E-state index contributed by atoms with van der Waals surface area (Å²) < 4.78 is 2.04. The first-order valence-corrected chi connectivity index (χ1v) is 10.7. The van der Waals surface area contributed by atoms with Crippen LogP contribution in [0.1, 0.15) is 50.7 Å². The molecule has 152 valence electrons. The Morgan fingerprint density at radius 2 is 1.72 bits per heavy atom. The summed E-state index contributed by atoms with van der Waals surface area (Å²) in [6, 6.07) is 18.3. The number of aryl methyl sites for hydroxylation is 1. The average molecular weight is 409 g/mol. The highest BCUT2D eigenvalue weighted by Gasteiger charge is 2.26. The summed E-state index contributed by atoms with van der Waals surface area (Å²) in [6.07, 6.45) is 0. The van der Waals surface area contributed by atoms with Crippen LogP contribution in [0, 0.1) is 12.3 Å². The van der Waals surface area contributed by atoms with E-state index in [0.717, 1.165) is 22.4 Å². The predicted molar refractivity (Wildman–Crippen MR) is 118 cm³/mol. The highest BCUT2D eigenvalue weighted by atomic mass is 32.2. The second-order valence-electron chi connectivity index (χ2n) is 8.23. The van der Waals surface area contributed by atoms with Crippen molar-refractivity contribution < 1.29 is 4.79 Å². The topological polar surface area (TPSA) is 59.8 Å². The molecule has 0 unspecified atom stereocenters. The van der Waals surface area contributed by atoms with E-state index in [9.17, 15) is 4.79 Å². The molecule has 1 N–H and O–H groups in total. The molecule has 0 fully saturated rings. The van der Waals surface area contributed by atoms with Gasteiger partial charge in [0.25, 0.3) is 0 Å². The second kappa shape index (κ2) is 8.82. The van der Waals surface area contributed by atoms with Gasteiger partial charge in [-0.1, -0.05) is 80.6 Å².